The molecular formula is C6H11NNaO5P. The summed E-state index contributed by atoms with van der Waals surface area (Å²) in [4.78, 5) is 21.6. The van der Waals surface area contributed by atoms with Crippen LogP contribution in [0.5, 0.6) is 0 Å². The van der Waals surface area contributed by atoms with E-state index in [2.05, 4.69) is 6.07 Å². The quantitative estimate of drug-likeness (QED) is 0.158. The van der Waals surface area contributed by atoms with Gasteiger partial charge in [-0.15, -0.1) is 12.1 Å². The molecule has 0 spiro atoms. The van der Waals surface area contributed by atoms with E-state index >= 15 is 0 Å². The average molecular weight is 231 g/mol. The predicted octanol–water partition coefficient (Wildman–Crippen LogP) is -3.68. The number of hydrogen-bond donors (Lipinski definition) is 4. The second-order valence-corrected chi connectivity index (χ2v) is 2.87. The summed E-state index contributed by atoms with van der Waals surface area (Å²) < 4.78 is 8.88. The van der Waals surface area contributed by atoms with E-state index in [9.17, 15) is 0 Å². The third kappa shape index (κ3) is 22.7. The van der Waals surface area contributed by atoms with Crippen molar-refractivity contribution in [1.82, 2.24) is 0 Å². The topological polar surface area (TPSA) is 135 Å². The summed E-state index contributed by atoms with van der Waals surface area (Å²) in [6.07, 6.45) is 0. The van der Waals surface area contributed by atoms with Gasteiger partial charge in [0.05, 0.1) is 0 Å². The van der Waals surface area contributed by atoms with Crippen molar-refractivity contribution >= 4 is 13.5 Å². The summed E-state index contributed by atoms with van der Waals surface area (Å²) in [5, 5.41) is 0. The van der Waals surface area contributed by atoms with E-state index in [4.69, 9.17) is 25.0 Å². The monoisotopic (exact) mass is 231 g/mol. The Bertz CT molecular complexity index is 256. The van der Waals surface area contributed by atoms with Crippen molar-refractivity contribution in [3.05, 3.63) is 30.3 Å². The molecule has 0 aliphatic heterocycles. The molecule has 76 valence electrons. The molecule has 0 bridgehead atoms. The molecule has 14 heavy (non-hydrogen) atoms. The van der Waals surface area contributed by atoms with E-state index in [0.29, 0.717) is 0 Å². The van der Waals surface area contributed by atoms with Gasteiger partial charge < -0.3 is 25.9 Å². The minimum atomic E-state index is -4.64. The predicted molar refractivity (Wildman–Crippen MR) is 47.6 cm³/mol. The Labute approximate surface area is 104 Å². The van der Waals surface area contributed by atoms with Crippen LogP contribution >= 0.6 is 7.82 Å². The number of nitrogen functional groups attached to an aromatic ring is 1. The Hall–Kier alpha value is 0.0900. The molecule has 0 atom stereocenters. The summed E-state index contributed by atoms with van der Waals surface area (Å²) in [5.74, 6) is 0. The maximum Gasteiger partial charge on any atom is 1.00 e. The van der Waals surface area contributed by atoms with Gasteiger partial charge in [0, 0.05) is 0 Å². The van der Waals surface area contributed by atoms with E-state index in [1.807, 2.05) is 0 Å². The van der Waals surface area contributed by atoms with Crippen LogP contribution in [-0.4, -0.2) is 20.2 Å². The summed E-state index contributed by atoms with van der Waals surface area (Å²) in [6, 6.07) is 10.0. The van der Waals surface area contributed by atoms with Gasteiger partial charge in [-0.25, -0.2) is 4.57 Å². The first-order valence-corrected chi connectivity index (χ1v) is 4.46. The molecule has 0 radical (unpaired) electrons. The third-order valence-corrected chi connectivity index (χ3v) is 0.744. The van der Waals surface area contributed by atoms with Crippen molar-refractivity contribution < 1.29 is 54.3 Å². The van der Waals surface area contributed by atoms with Crippen LogP contribution in [0.15, 0.2) is 24.3 Å². The Morgan fingerprint density at radius 2 is 1.50 bits per heavy atom. The fraction of sp³-hybridized carbons (Fsp3) is 0. The van der Waals surface area contributed by atoms with Gasteiger partial charge in [-0.2, -0.15) is 18.2 Å². The summed E-state index contributed by atoms with van der Waals surface area (Å²) in [5.41, 5.74) is 6.13. The Morgan fingerprint density at radius 1 is 1.21 bits per heavy atom. The molecular weight excluding hydrogens is 220 g/mol. The van der Waals surface area contributed by atoms with E-state index < -0.39 is 7.82 Å². The number of benzene rings is 1. The molecule has 0 aromatic heterocycles. The van der Waals surface area contributed by atoms with Gasteiger partial charge >= 0.3 is 37.4 Å². The van der Waals surface area contributed by atoms with Gasteiger partial charge in [-0.05, 0) is 0 Å². The van der Waals surface area contributed by atoms with Crippen molar-refractivity contribution in [3.63, 3.8) is 0 Å². The largest absolute Gasteiger partial charge is 1.00 e. The molecule has 0 amide bonds. The zero-order valence-corrected chi connectivity index (χ0v) is 10.5. The Balaban J connectivity index is -0.000000159. The van der Waals surface area contributed by atoms with Crippen molar-refractivity contribution in [3.8, 4) is 0 Å². The minimum absolute atomic E-state index is 0. The molecule has 0 aliphatic rings. The molecule has 0 aliphatic carbocycles. The smallest absolute Gasteiger partial charge is 0.419 e. The van der Waals surface area contributed by atoms with Gasteiger partial charge in [-0.1, -0.05) is 5.69 Å². The van der Waals surface area contributed by atoms with Gasteiger partial charge in [0.25, 0.3) is 0 Å². The van der Waals surface area contributed by atoms with Crippen LogP contribution in [0.2, 0.25) is 0 Å². The standard InChI is InChI=1S/C6H6N.Na.H3O4P.H2O/c7-6-4-2-1-3-5-6;;1-5(2,3)4;/h2-5H,7H2;;(H3,1,2,3,4);1H2/q-1;+1;;. The van der Waals surface area contributed by atoms with Gasteiger partial charge in [0.15, 0.2) is 0 Å². The normalized spacial score (nSPS) is 8.50. The molecule has 8 heteroatoms. The molecule has 6 nitrogen and oxygen atoms in total. The molecule has 0 fully saturated rings. The maximum atomic E-state index is 8.88. The SMILES string of the molecule is Nc1cc[c-]cc1.O.O=P(O)(O)O.[Na+]. The number of anilines is 1. The van der Waals surface area contributed by atoms with Crippen LogP contribution in [0.4, 0.5) is 5.69 Å². The molecule has 1 aromatic rings. The van der Waals surface area contributed by atoms with Crippen LogP contribution in [0.1, 0.15) is 0 Å². The van der Waals surface area contributed by atoms with E-state index in [1.54, 1.807) is 24.3 Å². The minimum Gasteiger partial charge on any atom is -0.419 e. The summed E-state index contributed by atoms with van der Waals surface area (Å²) >= 11 is 0. The second-order valence-electron chi connectivity index (χ2n) is 1.85. The average Bonchev–Trinajstić information content (AvgIpc) is 1.85. The van der Waals surface area contributed by atoms with Gasteiger partial charge in [-0.3, -0.25) is 0 Å². The summed E-state index contributed by atoms with van der Waals surface area (Å²) in [7, 11) is -4.64. The van der Waals surface area contributed by atoms with Crippen LogP contribution in [0, 0.1) is 6.07 Å². The van der Waals surface area contributed by atoms with Gasteiger partial charge in [0.1, 0.15) is 0 Å². The zero-order chi connectivity index (χ0) is 9.61. The van der Waals surface area contributed by atoms with E-state index in [1.165, 1.54) is 0 Å². The van der Waals surface area contributed by atoms with Crippen LogP contribution < -0.4 is 35.3 Å². The molecule has 1 aromatic carbocycles. The van der Waals surface area contributed by atoms with Crippen molar-refractivity contribution in [2.45, 2.75) is 0 Å². The van der Waals surface area contributed by atoms with Crippen molar-refractivity contribution in [2.75, 3.05) is 5.73 Å². The molecule has 0 heterocycles. The third-order valence-electron chi connectivity index (χ3n) is 0.744. The van der Waals surface area contributed by atoms with Crippen molar-refractivity contribution in [1.29, 1.82) is 0 Å². The Kier molecular flexibility index (Phi) is 13.5. The number of rotatable bonds is 0. The van der Waals surface area contributed by atoms with Crippen molar-refractivity contribution in [2.24, 2.45) is 0 Å². The fourth-order valence-electron chi connectivity index (χ4n) is 0.400. The molecule has 0 unspecified atom stereocenters. The van der Waals surface area contributed by atoms with Crippen LogP contribution in [0.25, 0.3) is 0 Å². The first-order chi connectivity index (χ1) is 5.39. The summed E-state index contributed by atoms with van der Waals surface area (Å²) in [6.45, 7) is 0. The fourth-order valence-corrected chi connectivity index (χ4v) is 0.400. The molecule has 1 rings (SSSR count). The van der Waals surface area contributed by atoms with Crippen LogP contribution in [0.3, 0.4) is 0 Å². The first-order valence-electron chi connectivity index (χ1n) is 2.89. The van der Waals surface area contributed by atoms with Crippen LogP contribution in [-0.2, 0) is 4.57 Å². The second kappa shape index (κ2) is 9.64. The molecule has 7 N–H and O–H groups in total. The molecule has 0 saturated carbocycles. The van der Waals surface area contributed by atoms with E-state index in [-0.39, 0.29) is 35.0 Å². The maximum absolute atomic E-state index is 8.88. The Morgan fingerprint density at radius 3 is 1.64 bits per heavy atom. The number of hydrogen-bond acceptors (Lipinski definition) is 2. The first kappa shape index (κ1) is 19.6. The number of nitrogens with two attached hydrogens (primary N) is 1. The molecule has 0 saturated heterocycles. The zero-order valence-electron chi connectivity index (χ0n) is 7.58. The number of phosphoric acid groups is 1. The van der Waals surface area contributed by atoms with E-state index in [0.717, 1.165) is 5.69 Å². The van der Waals surface area contributed by atoms with Gasteiger partial charge in [0.2, 0.25) is 0 Å².